The van der Waals surface area contributed by atoms with E-state index in [1.165, 1.54) is 0 Å². The summed E-state index contributed by atoms with van der Waals surface area (Å²) < 4.78 is 0. The lowest BCUT2D eigenvalue weighted by Crippen LogP contribution is -2.38. The fourth-order valence-corrected chi connectivity index (χ4v) is 3.13. The third-order valence-electron chi connectivity index (χ3n) is 4.38. The van der Waals surface area contributed by atoms with Crippen molar-refractivity contribution in [2.45, 2.75) is 26.7 Å². The van der Waals surface area contributed by atoms with Crippen LogP contribution in [0.2, 0.25) is 0 Å². The molecule has 0 atom stereocenters. The van der Waals surface area contributed by atoms with E-state index in [-0.39, 0.29) is 11.8 Å². The second-order valence-electron chi connectivity index (χ2n) is 6.47. The van der Waals surface area contributed by atoms with Gasteiger partial charge in [-0.2, -0.15) is 0 Å². The zero-order valence-electron chi connectivity index (χ0n) is 15.2. The largest absolute Gasteiger partial charge is 0.341 e. The molecule has 1 aliphatic heterocycles. The van der Waals surface area contributed by atoms with Gasteiger partial charge in [-0.3, -0.25) is 14.6 Å². The van der Waals surface area contributed by atoms with E-state index < -0.39 is 0 Å². The van der Waals surface area contributed by atoms with Gasteiger partial charge in [0.05, 0.1) is 6.42 Å². The molecule has 1 saturated heterocycles. The van der Waals surface area contributed by atoms with Crippen LogP contribution in [0, 0.1) is 13.8 Å². The maximum Gasteiger partial charge on any atom is 0.272 e. The van der Waals surface area contributed by atoms with Crippen LogP contribution < -0.4 is 0 Å². The lowest BCUT2D eigenvalue weighted by Gasteiger charge is -2.22. The number of hydrogen-bond donors (Lipinski definition) is 0. The van der Waals surface area contributed by atoms with Crippen LogP contribution in [0.1, 0.15) is 34.1 Å². The summed E-state index contributed by atoms with van der Waals surface area (Å²) in [4.78, 5) is 41.5. The number of carbonyl (C=O) groups is 2. The molecule has 3 rings (SSSR count). The summed E-state index contributed by atoms with van der Waals surface area (Å²) in [6.07, 6.45) is 2.74. The van der Waals surface area contributed by atoms with E-state index in [0.717, 1.165) is 17.8 Å². The van der Waals surface area contributed by atoms with Crippen molar-refractivity contribution in [3.63, 3.8) is 0 Å². The van der Waals surface area contributed by atoms with Crippen LogP contribution in [0.25, 0.3) is 0 Å². The molecule has 7 heteroatoms. The molecule has 3 heterocycles. The van der Waals surface area contributed by atoms with Gasteiger partial charge in [0.2, 0.25) is 5.91 Å². The monoisotopic (exact) mass is 353 g/mol. The Labute approximate surface area is 153 Å². The zero-order chi connectivity index (χ0) is 18.5. The topological polar surface area (TPSA) is 79.3 Å². The third kappa shape index (κ3) is 4.41. The van der Waals surface area contributed by atoms with Crippen LogP contribution in [-0.2, 0) is 11.2 Å². The molecule has 0 spiro atoms. The minimum atomic E-state index is -0.0994. The first-order valence-electron chi connectivity index (χ1n) is 8.82. The van der Waals surface area contributed by atoms with Crippen LogP contribution in [0.5, 0.6) is 0 Å². The van der Waals surface area contributed by atoms with Crippen molar-refractivity contribution in [2.24, 2.45) is 0 Å². The predicted octanol–water partition coefficient (Wildman–Crippen LogP) is 1.41. The van der Waals surface area contributed by atoms with E-state index in [0.29, 0.717) is 44.1 Å². The van der Waals surface area contributed by atoms with Crippen molar-refractivity contribution in [3.05, 3.63) is 53.4 Å². The molecule has 0 N–H and O–H groups in total. The first kappa shape index (κ1) is 18.0. The van der Waals surface area contributed by atoms with E-state index >= 15 is 0 Å². The van der Waals surface area contributed by atoms with E-state index in [4.69, 9.17) is 0 Å². The number of aryl methyl sites for hydroxylation is 2. The van der Waals surface area contributed by atoms with E-state index in [1.807, 2.05) is 30.0 Å². The fraction of sp³-hybridized carbons (Fsp3) is 0.421. The maximum atomic E-state index is 12.7. The van der Waals surface area contributed by atoms with Crippen molar-refractivity contribution in [1.82, 2.24) is 24.8 Å². The molecule has 0 aliphatic carbocycles. The molecule has 2 aromatic heterocycles. The van der Waals surface area contributed by atoms with Gasteiger partial charge < -0.3 is 9.80 Å². The highest BCUT2D eigenvalue weighted by Crippen LogP contribution is 2.10. The molecular formula is C19H23N5O2. The standard InChI is InChI=1S/C19H23N5O2/c1-14-12-17(22-15(2)21-14)19(26)24-9-5-8-23(10-11-24)18(25)13-16-6-3-4-7-20-16/h3-4,6-7,12H,5,8-11,13H2,1-2H3. The van der Waals surface area contributed by atoms with Gasteiger partial charge in [0.15, 0.2) is 0 Å². The Morgan fingerprint density at radius 1 is 1.04 bits per heavy atom. The van der Waals surface area contributed by atoms with Crippen molar-refractivity contribution < 1.29 is 9.59 Å². The van der Waals surface area contributed by atoms with Gasteiger partial charge in [-0.25, -0.2) is 9.97 Å². The van der Waals surface area contributed by atoms with E-state index in [2.05, 4.69) is 15.0 Å². The Hall–Kier alpha value is -2.83. The number of amides is 2. The van der Waals surface area contributed by atoms with Gasteiger partial charge in [0, 0.05) is 43.8 Å². The van der Waals surface area contributed by atoms with Crippen LogP contribution in [0.3, 0.4) is 0 Å². The SMILES string of the molecule is Cc1cc(C(=O)N2CCCN(C(=O)Cc3ccccn3)CC2)nc(C)n1. The number of nitrogens with zero attached hydrogens (tertiary/aromatic N) is 5. The highest BCUT2D eigenvalue weighted by Gasteiger charge is 2.24. The smallest absolute Gasteiger partial charge is 0.272 e. The molecule has 0 saturated carbocycles. The predicted molar refractivity (Wildman–Crippen MR) is 96.5 cm³/mol. The summed E-state index contributed by atoms with van der Waals surface area (Å²) >= 11 is 0. The van der Waals surface area contributed by atoms with Crippen molar-refractivity contribution >= 4 is 11.8 Å². The summed E-state index contributed by atoms with van der Waals surface area (Å²) in [5, 5.41) is 0. The fourth-order valence-electron chi connectivity index (χ4n) is 3.13. The van der Waals surface area contributed by atoms with Crippen molar-refractivity contribution in [2.75, 3.05) is 26.2 Å². The molecular weight excluding hydrogens is 330 g/mol. The van der Waals surface area contributed by atoms with Crippen LogP contribution in [0.15, 0.2) is 30.5 Å². The molecule has 7 nitrogen and oxygen atoms in total. The lowest BCUT2D eigenvalue weighted by atomic mass is 10.2. The Morgan fingerprint density at radius 3 is 2.54 bits per heavy atom. The summed E-state index contributed by atoms with van der Waals surface area (Å²) in [5.74, 6) is 0.541. The van der Waals surface area contributed by atoms with Gasteiger partial charge >= 0.3 is 0 Å². The molecule has 2 aromatic rings. The average molecular weight is 353 g/mol. The van der Waals surface area contributed by atoms with Crippen molar-refractivity contribution in [3.8, 4) is 0 Å². The van der Waals surface area contributed by atoms with Gasteiger partial charge in [0.1, 0.15) is 11.5 Å². The lowest BCUT2D eigenvalue weighted by molar-refractivity contribution is -0.130. The molecule has 0 aromatic carbocycles. The Morgan fingerprint density at radius 2 is 1.81 bits per heavy atom. The summed E-state index contributed by atoms with van der Waals surface area (Å²) in [6.45, 7) is 5.94. The average Bonchev–Trinajstić information content (AvgIpc) is 2.87. The van der Waals surface area contributed by atoms with Crippen LogP contribution in [0.4, 0.5) is 0 Å². The summed E-state index contributed by atoms with van der Waals surface area (Å²) in [7, 11) is 0. The maximum absolute atomic E-state index is 12.7. The molecule has 26 heavy (non-hydrogen) atoms. The number of hydrogen-bond acceptors (Lipinski definition) is 5. The molecule has 1 aliphatic rings. The molecule has 2 amide bonds. The Balaban J connectivity index is 1.62. The van der Waals surface area contributed by atoms with Gasteiger partial charge in [-0.05, 0) is 38.5 Å². The van der Waals surface area contributed by atoms with E-state index in [1.54, 1.807) is 24.1 Å². The minimum Gasteiger partial charge on any atom is -0.341 e. The zero-order valence-corrected chi connectivity index (χ0v) is 15.2. The van der Waals surface area contributed by atoms with Gasteiger partial charge in [0.25, 0.3) is 5.91 Å². The second kappa shape index (κ2) is 8.03. The highest BCUT2D eigenvalue weighted by atomic mass is 16.2. The number of aromatic nitrogens is 3. The number of carbonyl (C=O) groups excluding carboxylic acids is 2. The number of pyridine rings is 1. The van der Waals surface area contributed by atoms with Crippen LogP contribution in [-0.4, -0.2) is 62.7 Å². The first-order valence-corrected chi connectivity index (χ1v) is 8.82. The van der Waals surface area contributed by atoms with Gasteiger partial charge in [-0.1, -0.05) is 6.07 Å². The summed E-state index contributed by atoms with van der Waals surface area (Å²) in [5.41, 5.74) is 1.97. The molecule has 0 radical (unpaired) electrons. The second-order valence-corrected chi connectivity index (χ2v) is 6.47. The van der Waals surface area contributed by atoms with E-state index in [9.17, 15) is 9.59 Å². The van der Waals surface area contributed by atoms with Gasteiger partial charge in [-0.15, -0.1) is 0 Å². The Kier molecular flexibility index (Phi) is 5.55. The van der Waals surface area contributed by atoms with Crippen molar-refractivity contribution in [1.29, 1.82) is 0 Å². The Bertz CT molecular complexity index is 774. The molecule has 136 valence electrons. The highest BCUT2D eigenvalue weighted by molar-refractivity contribution is 5.92. The first-order chi connectivity index (χ1) is 12.5. The quantitative estimate of drug-likeness (QED) is 0.833. The van der Waals surface area contributed by atoms with Crippen LogP contribution >= 0.6 is 0 Å². The normalized spacial score (nSPS) is 14.8. The summed E-state index contributed by atoms with van der Waals surface area (Å²) in [6, 6.07) is 7.28. The third-order valence-corrected chi connectivity index (χ3v) is 4.38. The molecule has 1 fully saturated rings. The number of rotatable bonds is 3. The molecule has 0 unspecified atom stereocenters. The minimum absolute atomic E-state index is 0.0479. The molecule has 0 bridgehead atoms.